The number of rotatable bonds is 3. The number of ether oxygens (including phenoxy) is 3. The third-order valence-corrected chi connectivity index (χ3v) is 7.80. The molecule has 7 rings (SSSR count). The summed E-state index contributed by atoms with van der Waals surface area (Å²) in [6.07, 6.45) is 3.10. The lowest BCUT2D eigenvalue weighted by molar-refractivity contribution is -0.189. The lowest BCUT2D eigenvalue weighted by Crippen LogP contribution is -2.69. The molecule has 1 saturated carbocycles. The average molecular weight is 382 g/mol. The number of hydrogen-bond acceptors (Lipinski definition) is 5. The largest absolute Gasteiger partial charge is 0.497 e. The number of esters is 1. The number of methoxy groups -OCH3 is 2. The van der Waals surface area contributed by atoms with Gasteiger partial charge >= 0.3 is 5.97 Å². The van der Waals surface area contributed by atoms with Crippen LogP contribution in [0.5, 0.6) is 5.75 Å². The molecule has 5 aliphatic rings. The Kier molecular flexibility index (Phi) is 3.32. The van der Waals surface area contributed by atoms with Crippen LogP contribution in [0, 0.1) is 11.8 Å². The van der Waals surface area contributed by atoms with E-state index in [4.69, 9.17) is 14.2 Å². The predicted octanol–water partition coefficient (Wildman–Crippen LogP) is 3.12. The third-order valence-electron chi connectivity index (χ3n) is 7.80. The van der Waals surface area contributed by atoms with E-state index in [0.717, 1.165) is 53.7 Å². The zero-order valence-electron chi connectivity index (χ0n) is 16.5. The Hall–Kier alpha value is -2.05. The highest BCUT2D eigenvalue weighted by Crippen LogP contribution is 2.62. The number of hydrogen-bond donors (Lipinski definition) is 1. The van der Waals surface area contributed by atoms with Gasteiger partial charge in [-0.15, -0.1) is 0 Å². The maximum absolute atomic E-state index is 13.5. The number of nitrogens with zero attached hydrogens (tertiary/aromatic N) is 1. The van der Waals surface area contributed by atoms with Gasteiger partial charge in [0.05, 0.1) is 20.3 Å². The zero-order valence-corrected chi connectivity index (χ0v) is 16.5. The summed E-state index contributed by atoms with van der Waals surface area (Å²) in [7, 11) is 3.21. The highest BCUT2D eigenvalue weighted by Gasteiger charge is 2.69. The van der Waals surface area contributed by atoms with Crippen LogP contribution in [0.3, 0.4) is 0 Å². The summed E-state index contributed by atoms with van der Waals surface area (Å²) >= 11 is 0. The molecule has 3 saturated heterocycles. The van der Waals surface area contributed by atoms with Crippen molar-refractivity contribution in [3.05, 3.63) is 29.5 Å². The van der Waals surface area contributed by atoms with Crippen LogP contribution in [0.2, 0.25) is 0 Å². The highest BCUT2D eigenvalue weighted by atomic mass is 16.5. The maximum atomic E-state index is 13.5. The Morgan fingerprint density at radius 2 is 2.25 bits per heavy atom. The van der Waals surface area contributed by atoms with Crippen LogP contribution in [0.25, 0.3) is 10.9 Å². The van der Waals surface area contributed by atoms with Crippen LogP contribution in [0.4, 0.5) is 0 Å². The van der Waals surface area contributed by atoms with Gasteiger partial charge in [-0.05, 0) is 37.0 Å². The van der Waals surface area contributed by atoms with Crippen molar-refractivity contribution in [2.45, 2.75) is 50.0 Å². The molecule has 5 heterocycles. The second-order valence-electron chi connectivity index (χ2n) is 8.81. The Morgan fingerprint density at radius 1 is 1.39 bits per heavy atom. The lowest BCUT2D eigenvalue weighted by Gasteiger charge is -2.59. The molecule has 1 aromatic carbocycles. The second-order valence-corrected chi connectivity index (χ2v) is 8.81. The summed E-state index contributed by atoms with van der Waals surface area (Å²) in [5, 5.41) is 1.10. The summed E-state index contributed by atoms with van der Waals surface area (Å²) < 4.78 is 17.6. The number of carbonyl (C=O) groups excluding carboxylic acids is 1. The molecule has 0 spiro atoms. The van der Waals surface area contributed by atoms with Gasteiger partial charge < -0.3 is 19.2 Å². The Morgan fingerprint density at radius 3 is 3.00 bits per heavy atom. The molecule has 5 bridgehead atoms. The van der Waals surface area contributed by atoms with Gasteiger partial charge in [0.2, 0.25) is 0 Å². The van der Waals surface area contributed by atoms with E-state index in [1.54, 1.807) is 7.11 Å². The van der Waals surface area contributed by atoms with Crippen molar-refractivity contribution < 1.29 is 19.0 Å². The number of benzene rings is 1. The fourth-order valence-electron chi connectivity index (χ4n) is 6.84. The van der Waals surface area contributed by atoms with Crippen molar-refractivity contribution in [3.63, 3.8) is 0 Å². The molecule has 1 aromatic heterocycles. The standard InChI is InChI=1S/C22H26N2O4/c1-4-11-7-12-9-22(21(25)27-3)18-17(16-10-24(19(11)22)20(12)28-16)14-8-13(26-2)5-6-15(14)23-18/h5-6,8,11-12,16,19-20,23H,4,7,9-10H2,1-3H3. The van der Waals surface area contributed by atoms with E-state index in [1.165, 1.54) is 7.11 Å². The van der Waals surface area contributed by atoms with E-state index in [0.29, 0.717) is 11.8 Å². The van der Waals surface area contributed by atoms with Crippen LogP contribution in [-0.2, 0) is 19.7 Å². The Balaban J connectivity index is 1.68. The van der Waals surface area contributed by atoms with Crippen molar-refractivity contribution in [3.8, 4) is 5.75 Å². The average Bonchev–Trinajstić information content (AvgIpc) is 3.31. The first kappa shape index (κ1) is 16.9. The number of aromatic nitrogens is 1. The summed E-state index contributed by atoms with van der Waals surface area (Å²) in [6, 6.07) is 6.20. The topological polar surface area (TPSA) is 63.8 Å². The summed E-state index contributed by atoms with van der Waals surface area (Å²) in [5.74, 6) is 1.56. The van der Waals surface area contributed by atoms with Gasteiger partial charge in [0.15, 0.2) is 0 Å². The molecule has 4 fully saturated rings. The second kappa shape index (κ2) is 5.51. The van der Waals surface area contributed by atoms with Crippen molar-refractivity contribution >= 4 is 16.9 Å². The minimum atomic E-state index is -0.644. The first-order chi connectivity index (χ1) is 13.6. The molecule has 148 valence electrons. The molecule has 0 radical (unpaired) electrons. The Labute approximate surface area is 164 Å². The van der Waals surface area contributed by atoms with Gasteiger partial charge in [0.25, 0.3) is 0 Å². The normalized spacial score (nSPS) is 39.8. The van der Waals surface area contributed by atoms with E-state index in [2.05, 4.69) is 22.9 Å². The van der Waals surface area contributed by atoms with Crippen molar-refractivity contribution in [2.75, 3.05) is 20.8 Å². The Bertz CT molecular complexity index is 984. The van der Waals surface area contributed by atoms with Crippen molar-refractivity contribution in [2.24, 2.45) is 11.8 Å². The van der Waals surface area contributed by atoms with E-state index in [-0.39, 0.29) is 24.3 Å². The molecular weight excluding hydrogens is 356 g/mol. The van der Waals surface area contributed by atoms with Gasteiger partial charge in [0.1, 0.15) is 17.4 Å². The van der Waals surface area contributed by atoms with Gasteiger partial charge in [-0.2, -0.15) is 0 Å². The smallest absolute Gasteiger partial charge is 0.319 e. The van der Waals surface area contributed by atoms with E-state index < -0.39 is 5.41 Å². The van der Waals surface area contributed by atoms with E-state index in [9.17, 15) is 4.79 Å². The quantitative estimate of drug-likeness (QED) is 0.827. The van der Waals surface area contributed by atoms with Crippen LogP contribution < -0.4 is 4.74 Å². The molecule has 6 nitrogen and oxygen atoms in total. The molecule has 1 N–H and O–H groups in total. The third kappa shape index (κ3) is 1.79. The minimum absolute atomic E-state index is 0.0201. The molecule has 7 atom stereocenters. The number of aromatic amines is 1. The fraction of sp³-hybridized carbons (Fsp3) is 0.591. The van der Waals surface area contributed by atoms with Gasteiger partial charge in [-0.3, -0.25) is 9.69 Å². The molecule has 6 heteroatoms. The van der Waals surface area contributed by atoms with Crippen LogP contribution in [-0.4, -0.2) is 48.9 Å². The highest BCUT2D eigenvalue weighted by molar-refractivity contribution is 5.93. The van der Waals surface area contributed by atoms with Gasteiger partial charge in [-0.1, -0.05) is 13.3 Å². The number of nitrogens with one attached hydrogen (secondary N) is 1. The fourth-order valence-corrected chi connectivity index (χ4v) is 6.84. The van der Waals surface area contributed by atoms with Crippen LogP contribution >= 0.6 is 0 Å². The lowest BCUT2D eigenvalue weighted by atomic mass is 9.55. The zero-order chi connectivity index (χ0) is 19.2. The molecule has 0 amide bonds. The summed E-state index contributed by atoms with van der Waals surface area (Å²) in [4.78, 5) is 19.6. The summed E-state index contributed by atoms with van der Waals surface area (Å²) in [5.41, 5.74) is 2.53. The first-order valence-corrected chi connectivity index (χ1v) is 10.3. The number of H-pyrrole nitrogens is 1. The number of carbonyl (C=O) groups is 1. The SMILES string of the molecule is CCC1CC2CC3(C(=O)OC)c4[nH]c5ccc(OC)cc5c4C4CN(C2O4)C13. The van der Waals surface area contributed by atoms with E-state index >= 15 is 0 Å². The number of fused-ring (bicyclic) bond motifs is 6. The monoisotopic (exact) mass is 382 g/mol. The van der Waals surface area contributed by atoms with Crippen LogP contribution in [0.1, 0.15) is 43.5 Å². The molecule has 2 aromatic rings. The summed E-state index contributed by atoms with van der Waals surface area (Å²) in [6.45, 7) is 3.09. The minimum Gasteiger partial charge on any atom is -0.497 e. The molecule has 4 aliphatic heterocycles. The van der Waals surface area contributed by atoms with E-state index in [1.807, 2.05) is 12.1 Å². The molecule has 1 aliphatic carbocycles. The molecule has 7 unspecified atom stereocenters. The number of piperidine rings is 2. The molecule has 28 heavy (non-hydrogen) atoms. The first-order valence-electron chi connectivity index (χ1n) is 10.3. The maximum Gasteiger partial charge on any atom is 0.319 e. The molecular formula is C22H26N2O4. The van der Waals surface area contributed by atoms with Gasteiger partial charge in [0, 0.05) is 40.7 Å². The van der Waals surface area contributed by atoms with Crippen molar-refractivity contribution in [1.82, 2.24) is 9.88 Å². The van der Waals surface area contributed by atoms with Gasteiger partial charge in [-0.25, -0.2) is 0 Å². The van der Waals surface area contributed by atoms with Crippen LogP contribution in [0.15, 0.2) is 18.2 Å². The predicted molar refractivity (Wildman–Crippen MR) is 103 cm³/mol. The van der Waals surface area contributed by atoms with Crippen molar-refractivity contribution in [1.29, 1.82) is 0 Å².